The van der Waals surface area contributed by atoms with Crippen molar-refractivity contribution in [3.63, 3.8) is 0 Å². The van der Waals surface area contributed by atoms with E-state index in [1.807, 2.05) is 0 Å². The molecule has 0 aromatic heterocycles. The molecule has 0 unspecified atom stereocenters. The Labute approximate surface area is 99.7 Å². The first-order chi connectivity index (χ1) is 8.08. The van der Waals surface area contributed by atoms with E-state index in [1.165, 1.54) is 6.92 Å². The largest absolute Gasteiger partial charge is 0.497 e. The SMILES string of the molecule is COc1ccc(CN=C(C)C(=O)O)c(OC)c1. The summed E-state index contributed by atoms with van der Waals surface area (Å²) < 4.78 is 10.2. The lowest BCUT2D eigenvalue weighted by molar-refractivity contribution is -0.129. The van der Waals surface area contributed by atoms with Gasteiger partial charge in [0.25, 0.3) is 0 Å². The zero-order valence-corrected chi connectivity index (χ0v) is 10.1. The smallest absolute Gasteiger partial charge is 0.349 e. The molecule has 0 atom stereocenters. The summed E-state index contributed by atoms with van der Waals surface area (Å²) in [5, 5.41) is 8.69. The maximum atomic E-state index is 10.6. The summed E-state index contributed by atoms with van der Waals surface area (Å²) in [5.74, 6) is 0.299. The van der Waals surface area contributed by atoms with Gasteiger partial charge in [-0.25, -0.2) is 4.79 Å². The number of rotatable bonds is 5. The summed E-state index contributed by atoms with van der Waals surface area (Å²) in [6.07, 6.45) is 0. The predicted molar refractivity (Wildman–Crippen MR) is 64.0 cm³/mol. The van der Waals surface area contributed by atoms with Crippen LogP contribution in [0, 0.1) is 0 Å². The fourth-order valence-corrected chi connectivity index (χ4v) is 1.25. The van der Waals surface area contributed by atoms with Crippen molar-refractivity contribution in [3.8, 4) is 11.5 Å². The van der Waals surface area contributed by atoms with Crippen molar-refractivity contribution in [2.45, 2.75) is 13.5 Å². The topological polar surface area (TPSA) is 68.1 Å². The molecule has 17 heavy (non-hydrogen) atoms. The van der Waals surface area contributed by atoms with Crippen molar-refractivity contribution in [3.05, 3.63) is 23.8 Å². The normalized spacial score (nSPS) is 11.1. The van der Waals surface area contributed by atoms with E-state index in [4.69, 9.17) is 14.6 Å². The lowest BCUT2D eigenvalue weighted by Crippen LogP contribution is -2.08. The molecule has 0 saturated carbocycles. The molecule has 0 amide bonds. The minimum atomic E-state index is -1.02. The molecule has 92 valence electrons. The maximum absolute atomic E-state index is 10.6. The van der Waals surface area contributed by atoms with Crippen LogP contribution < -0.4 is 9.47 Å². The highest BCUT2D eigenvalue weighted by atomic mass is 16.5. The van der Waals surface area contributed by atoms with E-state index >= 15 is 0 Å². The van der Waals surface area contributed by atoms with Gasteiger partial charge in [-0.3, -0.25) is 4.99 Å². The fraction of sp³-hybridized carbons (Fsp3) is 0.333. The molecule has 0 heterocycles. The summed E-state index contributed by atoms with van der Waals surface area (Å²) in [7, 11) is 3.12. The van der Waals surface area contributed by atoms with Gasteiger partial charge in [-0.1, -0.05) is 0 Å². The molecule has 0 fully saturated rings. The van der Waals surface area contributed by atoms with Gasteiger partial charge in [-0.15, -0.1) is 0 Å². The third-order valence-electron chi connectivity index (χ3n) is 2.29. The van der Waals surface area contributed by atoms with Crippen LogP contribution in [0.5, 0.6) is 11.5 Å². The standard InChI is InChI=1S/C12H15NO4/c1-8(12(14)15)13-7-9-4-5-10(16-2)6-11(9)17-3/h4-6H,7H2,1-3H3,(H,14,15). The van der Waals surface area contributed by atoms with Crippen LogP contribution in [0.4, 0.5) is 0 Å². The first-order valence-electron chi connectivity index (χ1n) is 5.03. The molecule has 0 bridgehead atoms. The number of hydrogen-bond acceptors (Lipinski definition) is 4. The number of aliphatic imine (C=N–C) groups is 1. The Morgan fingerprint density at radius 1 is 1.35 bits per heavy atom. The van der Waals surface area contributed by atoms with Gasteiger partial charge in [0.1, 0.15) is 17.2 Å². The molecule has 0 aliphatic rings. The van der Waals surface area contributed by atoms with E-state index in [-0.39, 0.29) is 12.3 Å². The Balaban J connectivity index is 2.91. The molecule has 0 spiro atoms. The van der Waals surface area contributed by atoms with Crippen LogP contribution in [-0.4, -0.2) is 31.0 Å². The van der Waals surface area contributed by atoms with Gasteiger partial charge in [0, 0.05) is 11.6 Å². The van der Waals surface area contributed by atoms with Crippen LogP contribution in [0.15, 0.2) is 23.2 Å². The molecule has 0 saturated heterocycles. The van der Waals surface area contributed by atoms with Gasteiger partial charge in [0.2, 0.25) is 0 Å². The second kappa shape index (κ2) is 5.89. The number of aliphatic carboxylic acids is 1. The number of benzene rings is 1. The highest BCUT2D eigenvalue weighted by Gasteiger charge is 2.06. The Kier molecular flexibility index (Phi) is 4.51. The maximum Gasteiger partial charge on any atom is 0.349 e. The number of carboxylic acid groups (broad SMARTS) is 1. The molecular weight excluding hydrogens is 222 g/mol. The average molecular weight is 237 g/mol. The number of ether oxygens (including phenoxy) is 2. The minimum absolute atomic E-state index is 0.0721. The zero-order valence-electron chi connectivity index (χ0n) is 10.1. The summed E-state index contributed by atoms with van der Waals surface area (Å²) in [6, 6.07) is 5.32. The highest BCUT2D eigenvalue weighted by molar-refractivity contribution is 6.34. The molecule has 1 aromatic rings. The summed E-state index contributed by atoms with van der Waals surface area (Å²) in [4.78, 5) is 14.5. The number of carboxylic acids is 1. The highest BCUT2D eigenvalue weighted by Crippen LogP contribution is 2.25. The van der Waals surface area contributed by atoms with E-state index in [0.717, 1.165) is 5.56 Å². The minimum Gasteiger partial charge on any atom is -0.497 e. The van der Waals surface area contributed by atoms with Gasteiger partial charge in [-0.2, -0.15) is 0 Å². The molecule has 1 N–H and O–H groups in total. The van der Waals surface area contributed by atoms with Gasteiger partial charge in [0.05, 0.1) is 20.8 Å². The number of carbonyl (C=O) groups is 1. The average Bonchev–Trinajstić information content (AvgIpc) is 2.35. The van der Waals surface area contributed by atoms with Crippen LogP contribution in [0.2, 0.25) is 0 Å². The van der Waals surface area contributed by atoms with Gasteiger partial charge in [-0.05, 0) is 19.1 Å². The molecule has 0 aliphatic heterocycles. The molecule has 0 aliphatic carbocycles. The predicted octanol–water partition coefficient (Wildman–Crippen LogP) is 1.75. The summed E-state index contributed by atoms with van der Waals surface area (Å²) in [5.41, 5.74) is 0.886. The Bertz CT molecular complexity index is 440. The molecule has 5 heteroatoms. The quantitative estimate of drug-likeness (QED) is 0.792. The van der Waals surface area contributed by atoms with Crippen molar-refractivity contribution in [1.29, 1.82) is 0 Å². The summed E-state index contributed by atoms with van der Waals surface area (Å²) in [6.45, 7) is 1.73. The Morgan fingerprint density at radius 3 is 2.59 bits per heavy atom. The van der Waals surface area contributed by atoms with Crippen LogP contribution in [0.3, 0.4) is 0 Å². The van der Waals surface area contributed by atoms with Crippen LogP contribution in [0.1, 0.15) is 12.5 Å². The van der Waals surface area contributed by atoms with Crippen LogP contribution in [0.25, 0.3) is 0 Å². The first-order valence-corrected chi connectivity index (χ1v) is 5.03. The van der Waals surface area contributed by atoms with E-state index < -0.39 is 5.97 Å². The van der Waals surface area contributed by atoms with Crippen molar-refractivity contribution in [2.75, 3.05) is 14.2 Å². The number of methoxy groups -OCH3 is 2. The molecule has 0 radical (unpaired) electrons. The van der Waals surface area contributed by atoms with Gasteiger partial charge >= 0.3 is 5.97 Å². The van der Waals surface area contributed by atoms with Crippen molar-refractivity contribution >= 4 is 11.7 Å². The number of hydrogen-bond donors (Lipinski definition) is 1. The third kappa shape index (κ3) is 3.48. The van der Waals surface area contributed by atoms with Crippen molar-refractivity contribution < 1.29 is 19.4 Å². The third-order valence-corrected chi connectivity index (χ3v) is 2.29. The summed E-state index contributed by atoms with van der Waals surface area (Å²) >= 11 is 0. The van der Waals surface area contributed by atoms with Crippen molar-refractivity contribution in [2.24, 2.45) is 4.99 Å². The van der Waals surface area contributed by atoms with E-state index in [9.17, 15) is 4.79 Å². The number of nitrogens with zero attached hydrogens (tertiary/aromatic N) is 1. The second-order valence-electron chi connectivity index (χ2n) is 3.38. The monoisotopic (exact) mass is 237 g/mol. The first kappa shape index (κ1) is 13.0. The molecular formula is C12H15NO4. The van der Waals surface area contributed by atoms with Crippen LogP contribution >= 0.6 is 0 Å². The van der Waals surface area contributed by atoms with E-state index in [2.05, 4.69) is 4.99 Å². The zero-order chi connectivity index (χ0) is 12.8. The van der Waals surface area contributed by atoms with Gasteiger partial charge < -0.3 is 14.6 Å². The van der Waals surface area contributed by atoms with Gasteiger partial charge in [0.15, 0.2) is 0 Å². The lowest BCUT2D eigenvalue weighted by atomic mass is 10.2. The Hall–Kier alpha value is -2.04. The van der Waals surface area contributed by atoms with Crippen molar-refractivity contribution in [1.82, 2.24) is 0 Å². The molecule has 5 nitrogen and oxygen atoms in total. The Morgan fingerprint density at radius 2 is 2.06 bits per heavy atom. The molecule has 1 aromatic carbocycles. The molecule has 1 rings (SSSR count). The second-order valence-corrected chi connectivity index (χ2v) is 3.38. The van der Waals surface area contributed by atoms with E-state index in [1.54, 1.807) is 32.4 Å². The lowest BCUT2D eigenvalue weighted by Gasteiger charge is -2.08. The fourth-order valence-electron chi connectivity index (χ4n) is 1.25. The van der Waals surface area contributed by atoms with Crippen LogP contribution in [-0.2, 0) is 11.3 Å². The van der Waals surface area contributed by atoms with E-state index in [0.29, 0.717) is 11.5 Å².